The minimum atomic E-state index is -0.363. The molecule has 3 aromatic rings. The van der Waals surface area contributed by atoms with Crippen LogP contribution >= 0.6 is 11.6 Å². The molecule has 0 aliphatic heterocycles. The van der Waals surface area contributed by atoms with E-state index in [0.717, 1.165) is 16.5 Å². The molecule has 0 aliphatic rings. The van der Waals surface area contributed by atoms with Gasteiger partial charge in [0.2, 0.25) is 0 Å². The second-order valence-electron chi connectivity index (χ2n) is 4.37. The van der Waals surface area contributed by atoms with Gasteiger partial charge in [-0.2, -0.15) is 10.2 Å². The molecule has 2 N–H and O–H groups in total. The number of carbonyl (C=O) groups is 1. The molecule has 6 heteroatoms. The molecule has 0 aliphatic carbocycles. The van der Waals surface area contributed by atoms with Gasteiger partial charge in [0.15, 0.2) is 5.69 Å². The molecular weight excluding hydrogens is 288 g/mol. The Morgan fingerprint density at radius 3 is 2.76 bits per heavy atom. The fourth-order valence-corrected chi connectivity index (χ4v) is 2.03. The second kappa shape index (κ2) is 5.76. The van der Waals surface area contributed by atoms with Gasteiger partial charge in [-0.15, -0.1) is 0 Å². The zero-order valence-electron chi connectivity index (χ0n) is 10.9. The third kappa shape index (κ3) is 2.93. The van der Waals surface area contributed by atoms with Gasteiger partial charge in [0.1, 0.15) is 0 Å². The number of rotatable bonds is 3. The Bertz CT molecular complexity index is 808. The molecule has 3 rings (SSSR count). The normalized spacial score (nSPS) is 11.1. The van der Waals surface area contributed by atoms with E-state index in [1.165, 1.54) is 0 Å². The number of hydrogen-bond donors (Lipinski definition) is 2. The minimum absolute atomic E-state index is 0.318. The fraction of sp³-hybridized carbons (Fsp3) is 0. The summed E-state index contributed by atoms with van der Waals surface area (Å²) in [5.41, 5.74) is 4.42. The van der Waals surface area contributed by atoms with Gasteiger partial charge in [0.05, 0.1) is 11.7 Å². The average Bonchev–Trinajstić information content (AvgIpc) is 2.93. The summed E-state index contributed by atoms with van der Waals surface area (Å²) in [7, 11) is 0. The highest BCUT2D eigenvalue weighted by Crippen LogP contribution is 2.14. The molecule has 0 radical (unpaired) electrons. The Morgan fingerprint density at radius 2 is 1.95 bits per heavy atom. The second-order valence-corrected chi connectivity index (χ2v) is 4.80. The molecule has 0 saturated carbocycles. The Balaban J connectivity index is 1.73. The summed E-state index contributed by atoms with van der Waals surface area (Å²) >= 11 is 5.79. The largest absolute Gasteiger partial charge is 0.292 e. The molecule has 2 aromatic carbocycles. The maximum absolute atomic E-state index is 12.0. The van der Waals surface area contributed by atoms with Crippen molar-refractivity contribution in [1.82, 2.24) is 15.6 Å². The van der Waals surface area contributed by atoms with Crippen molar-refractivity contribution in [2.24, 2.45) is 5.10 Å². The smallest absolute Gasteiger partial charge is 0.277 e. The predicted molar refractivity (Wildman–Crippen MR) is 82.6 cm³/mol. The molecule has 0 atom stereocenters. The van der Waals surface area contributed by atoms with Crippen molar-refractivity contribution >= 4 is 34.6 Å². The first-order valence-electron chi connectivity index (χ1n) is 6.26. The third-order valence-electron chi connectivity index (χ3n) is 2.94. The number of amides is 1. The number of hydrazone groups is 1. The average molecular weight is 299 g/mol. The summed E-state index contributed by atoms with van der Waals surface area (Å²) in [5, 5.41) is 12.1. The molecule has 1 aromatic heterocycles. The van der Waals surface area contributed by atoms with Crippen molar-refractivity contribution in [2.45, 2.75) is 0 Å². The highest BCUT2D eigenvalue weighted by Gasteiger charge is 2.12. The van der Waals surface area contributed by atoms with E-state index in [2.05, 4.69) is 20.7 Å². The maximum atomic E-state index is 12.0. The fourth-order valence-electron chi connectivity index (χ4n) is 1.90. The maximum Gasteiger partial charge on any atom is 0.292 e. The Hall–Kier alpha value is -2.66. The number of para-hydroxylation sites is 1. The zero-order chi connectivity index (χ0) is 14.7. The molecular formula is C15H11ClN4O. The molecule has 0 spiro atoms. The van der Waals surface area contributed by atoms with Crippen LogP contribution in [0.1, 0.15) is 16.1 Å². The molecule has 104 valence electrons. The van der Waals surface area contributed by atoms with E-state index < -0.39 is 0 Å². The lowest BCUT2D eigenvalue weighted by molar-refractivity contribution is 0.0951. The van der Waals surface area contributed by atoms with Gasteiger partial charge < -0.3 is 0 Å². The van der Waals surface area contributed by atoms with Gasteiger partial charge >= 0.3 is 0 Å². The van der Waals surface area contributed by atoms with Gasteiger partial charge in [-0.25, -0.2) is 5.43 Å². The number of nitrogens with one attached hydrogen (secondary N) is 2. The van der Waals surface area contributed by atoms with E-state index in [0.29, 0.717) is 10.7 Å². The van der Waals surface area contributed by atoms with Crippen molar-refractivity contribution in [1.29, 1.82) is 0 Å². The standard InChI is InChI=1S/C15H11ClN4O/c16-11-7-5-10(6-8-11)9-17-20-15(21)14-12-3-1-2-4-13(12)18-19-14/h1-9H,(H,18,19)(H,20,21)/b17-9+. The summed E-state index contributed by atoms with van der Waals surface area (Å²) in [6, 6.07) is 14.5. The van der Waals surface area contributed by atoms with Crippen molar-refractivity contribution in [2.75, 3.05) is 0 Å². The van der Waals surface area contributed by atoms with Gasteiger partial charge in [0, 0.05) is 10.4 Å². The van der Waals surface area contributed by atoms with Crippen LogP contribution in [0.5, 0.6) is 0 Å². The molecule has 0 saturated heterocycles. The number of aromatic amines is 1. The molecule has 0 unspecified atom stereocenters. The number of aromatic nitrogens is 2. The summed E-state index contributed by atoms with van der Waals surface area (Å²) in [4.78, 5) is 12.0. The summed E-state index contributed by atoms with van der Waals surface area (Å²) in [6.07, 6.45) is 1.54. The number of carbonyl (C=O) groups excluding carboxylic acids is 1. The quantitative estimate of drug-likeness (QED) is 0.576. The van der Waals surface area contributed by atoms with Crippen molar-refractivity contribution in [3.63, 3.8) is 0 Å². The van der Waals surface area contributed by atoms with E-state index in [9.17, 15) is 4.79 Å². The van der Waals surface area contributed by atoms with E-state index in [-0.39, 0.29) is 5.91 Å². The first kappa shape index (κ1) is 13.3. The van der Waals surface area contributed by atoms with E-state index in [1.807, 2.05) is 36.4 Å². The van der Waals surface area contributed by atoms with Crippen LogP contribution in [0.25, 0.3) is 10.9 Å². The Labute approximate surface area is 125 Å². The number of benzene rings is 2. The van der Waals surface area contributed by atoms with Crippen molar-refractivity contribution in [3.05, 3.63) is 64.8 Å². The van der Waals surface area contributed by atoms with Crippen LogP contribution in [0.4, 0.5) is 0 Å². The summed E-state index contributed by atoms with van der Waals surface area (Å²) in [6.45, 7) is 0. The zero-order valence-corrected chi connectivity index (χ0v) is 11.6. The molecule has 0 bridgehead atoms. The van der Waals surface area contributed by atoms with Crippen LogP contribution in [0, 0.1) is 0 Å². The number of hydrogen-bond acceptors (Lipinski definition) is 3. The Kier molecular flexibility index (Phi) is 3.66. The molecule has 1 amide bonds. The van der Waals surface area contributed by atoms with E-state index >= 15 is 0 Å². The molecule has 0 fully saturated rings. The lowest BCUT2D eigenvalue weighted by atomic mass is 10.2. The first-order valence-corrected chi connectivity index (χ1v) is 6.64. The van der Waals surface area contributed by atoms with Crippen LogP contribution in [0.15, 0.2) is 53.6 Å². The van der Waals surface area contributed by atoms with Gasteiger partial charge in [0.25, 0.3) is 5.91 Å². The summed E-state index contributed by atoms with van der Waals surface area (Å²) < 4.78 is 0. The van der Waals surface area contributed by atoms with E-state index in [4.69, 9.17) is 11.6 Å². The highest BCUT2D eigenvalue weighted by molar-refractivity contribution is 6.30. The number of halogens is 1. The number of H-pyrrole nitrogens is 1. The van der Waals surface area contributed by atoms with Crippen LogP contribution in [-0.2, 0) is 0 Å². The molecule has 1 heterocycles. The molecule has 21 heavy (non-hydrogen) atoms. The van der Waals surface area contributed by atoms with Gasteiger partial charge in [-0.3, -0.25) is 9.89 Å². The van der Waals surface area contributed by atoms with Gasteiger partial charge in [-0.1, -0.05) is 41.9 Å². The first-order chi connectivity index (χ1) is 10.2. The lowest BCUT2D eigenvalue weighted by Gasteiger charge is -1.97. The van der Waals surface area contributed by atoms with Crippen LogP contribution in [-0.4, -0.2) is 22.3 Å². The van der Waals surface area contributed by atoms with Gasteiger partial charge in [-0.05, 0) is 23.8 Å². The number of nitrogens with zero attached hydrogens (tertiary/aromatic N) is 2. The number of fused-ring (bicyclic) bond motifs is 1. The predicted octanol–water partition coefficient (Wildman–Crippen LogP) is 2.98. The SMILES string of the molecule is O=C(N/N=C/c1ccc(Cl)cc1)c1n[nH]c2ccccc12. The van der Waals surface area contributed by atoms with E-state index in [1.54, 1.807) is 18.3 Å². The van der Waals surface area contributed by atoms with Crippen LogP contribution < -0.4 is 5.43 Å². The van der Waals surface area contributed by atoms with Crippen molar-refractivity contribution < 1.29 is 4.79 Å². The molecule has 5 nitrogen and oxygen atoms in total. The topological polar surface area (TPSA) is 70.1 Å². The van der Waals surface area contributed by atoms with Crippen LogP contribution in [0.2, 0.25) is 5.02 Å². The van der Waals surface area contributed by atoms with Crippen molar-refractivity contribution in [3.8, 4) is 0 Å². The minimum Gasteiger partial charge on any atom is -0.277 e. The van der Waals surface area contributed by atoms with Crippen LogP contribution in [0.3, 0.4) is 0 Å². The lowest BCUT2D eigenvalue weighted by Crippen LogP contribution is -2.18. The Morgan fingerprint density at radius 1 is 1.19 bits per heavy atom. The third-order valence-corrected chi connectivity index (χ3v) is 3.19. The monoisotopic (exact) mass is 298 g/mol. The summed E-state index contributed by atoms with van der Waals surface area (Å²) in [5.74, 6) is -0.363. The highest BCUT2D eigenvalue weighted by atomic mass is 35.5.